The van der Waals surface area contributed by atoms with E-state index in [4.69, 9.17) is 4.74 Å². The van der Waals surface area contributed by atoms with Crippen LogP contribution in [0.4, 0.5) is 11.5 Å². The molecule has 2 aliphatic heterocycles. The van der Waals surface area contributed by atoms with Gasteiger partial charge in [-0.25, -0.2) is 4.98 Å². The van der Waals surface area contributed by atoms with Gasteiger partial charge in [0.1, 0.15) is 12.0 Å². The standard InChI is InChI=1S/C14H20N4O3/c1-11-8-14(15-9-13(11)18(19)20)17-5-3-16(4-6-17)12-2-7-21-10-12/h8-9,12H,2-7,10H2,1H3/t12-/m1/s1. The van der Waals surface area contributed by atoms with Crippen molar-refractivity contribution in [1.29, 1.82) is 0 Å². The lowest BCUT2D eigenvalue weighted by Crippen LogP contribution is -2.50. The van der Waals surface area contributed by atoms with E-state index in [0.717, 1.165) is 51.6 Å². The van der Waals surface area contributed by atoms with Gasteiger partial charge in [0.15, 0.2) is 0 Å². The minimum Gasteiger partial charge on any atom is -0.380 e. The molecule has 114 valence electrons. The number of hydrogen-bond acceptors (Lipinski definition) is 6. The molecule has 0 N–H and O–H groups in total. The molecule has 3 rings (SSSR count). The van der Waals surface area contributed by atoms with Crippen LogP contribution in [0.25, 0.3) is 0 Å². The number of aryl methyl sites for hydroxylation is 1. The molecule has 7 heteroatoms. The average Bonchev–Trinajstić information content (AvgIpc) is 3.01. The first-order chi connectivity index (χ1) is 10.1. The van der Waals surface area contributed by atoms with Gasteiger partial charge >= 0.3 is 0 Å². The lowest BCUT2D eigenvalue weighted by molar-refractivity contribution is -0.385. The SMILES string of the molecule is Cc1cc(N2CCN([C@@H]3CCOC3)CC2)ncc1[N+](=O)[O-]. The van der Waals surface area contributed by atoms with Crippen LogP contribution < -0.4 is 4.90 Å². The summed E-state index contributed by atoms with van der Waals surface area (Å²) in [5.41, 5.74) is 0.747. The van der Waals surface area contributed by atoms with Crippen molar-refractivity contribution < 1.29 is 9.66 Å². The fourth-order valence-electron chi connectivity index (χ4n) is 3.02. The summed E-state index contributed by atoms with van der Waals surface area (Å²) in [6.45, 7) is 7.26. The first kappa shape index (κ1) is 14.2. The first-order valence-electron chi connectivity index (χ1n) is 7.33. The fourth-order valence-corrected chi connectivity index (χ4v) is 3.02. The molecule has 0 spiro atoms. The van der Waals surface area contributed by atoms with E-state index in [2.05, 4.69) is 14.8 Å². The molecule has 0 aliphatic carbocycles. The van der Waals surface area contributed by atoms with Crippen LogP contribution in [-0.4, -0.2) is 60.2 Å². The van der Waals surface area contributed by atoms with Crippen LogP contribution in [0, 0.1) is 17.0 Å². The summed E-state index contributed by atoms with van der Waals surface area (Å²) in [6, 6.07) is 2.37. The van der Waals surface area contributed by atoms with Crippen LogP contribution in [0.2, 0.25) is 0 Å². The van der Waals surface area contributed by atoms with Gasteiger partial charge in [-0.3, -0.25) is 15.0 Å². The summed E-state index contributed by atoms with van der Waals surface area (Å²) in [5, 5.41) is 10.8. The lowest BCUT2D eigenvalue weighted by Gasteiger charge is -2.38. The van der Waals surface area contributed by atoms with Crippen molar-refractivity contribution in [3.63, 3.8) is 0 Å². The number of nitrogens with zero attached hydrogens (tertiary/aromatic N) is 4. The third-order valence-electron chi connectivity index (χ3n) is 4.33. The van der Waals surface area contributed by atoms with Crippen LogP contribution in [0.5, 0.6) is 0 Å². The van der Waals surface area contributed by atoms with Crippen LogP contribution >= 0.6 is 0 Å². The number of anilines is 1. The molecule has 7 nitrogen and oxygen atoms in total. The molecule has 2 fully saturated rings. The van der Waals surface area contributed by atoms with Crippen molar-refractivity contribution >= 4 is 11.5 Å². The minimum absolute atomic E-state index is 0.0838. The van der Waals surface area contributed by atoms with Crippen LogP contribution in [-0.2, 0) is 4.74 Å². The quantitative estimate of drug-likeness (QED) is 0.616. The summed E-state index contributed by atoms with van der Waals surface area (Å²) in [5.74, 6) is 0.834. The van der Waals surface area contributed by atoms with Crippen molar-refractivity contribution in [3.8, 4) is 0 Å². The van der Waals surface area contributed by atoms with E-state index in [1.807, 2.05) is 6.07 Å². The highest BCUT2D eigenvalue weighted by Gasteiger charge is 2.27. The third kappa shape index (κ3) is 2.98. The second kappa shape index (κ2) is 5.95. The number of pyridine rings is 1. The molecule has 0 bridgehead atoms. The molecule has 3 heterocycles. The van der Waals surface area contributed by atoms with Gasteiger partial charge in [-0.1, -0.05) is 0 Å². The van der Waals surface area contributed by atoms with Gasteiger partial charge in [0.25, 0.3) is 5.69 Å². The van der Waals surface area contributed by atoms with E-state index in [0.29, 0.717) is 11.6 Å². The van der Waals surface area contributed by atoms with E-state index in [1.54, 1.807) is 6.92 Å². The normalized spacial score (nSPS) is 23.5. The van der Waals surface area contributed by atoms with Gasteiger partial charge in [-0.2, -0.15) is 0 Å². The topological polar surface area (TPSA) is 71.7 Å². The number of piperazine rings is 1. The number of hydrogen-bond donors (Lipinski definition) is 0. The van der Waals surface area contributed by atoms with Crippen molar-refractivity contribution in [1.82, 2.24) is 9.88 Å². The molecule has 1 aromatic rings. The maximum atomic E-state index is 10.8. The predicted molar refractivity (Wildman–Crippen MR) is 78.6 cm³/mol. The van der Waals surface area contributed by atoms with E-state index in [9.17, 15) is 10.1 Å². The molecule has 1 aromatic heterocycles. The Labute approximate surface area is 123 Å². The smallest absolute Gasteiger partial charge is 0.290 e. The summed E-state index contributed by atoms with van der Waals surface area (Å²) in [4.78, 5) is 19.4. The Balaban J connectivity index is 1.64. The zero-order chi connectivity index (χ0) is 14.8. The molecular weight excluding hydrogens is 272 g/mol. The summed E-state index contributed by atoms with van der Waals surface area (Å²) in [7, 11) is 0. The molecule has 0 saturated carbocycles. The second-order valence-electron chi connectivity index (χ2n) is 5.63. The molecule has 0 unspecified atom stereocenters. The van der Waals surface area contributed by atoms with Crippen molar-refractivity contribution in [2.45, 2.75) is 19.4 Å². The highest BCUT2D eigenvalue weighted by molar-refractivity contribution is 5.48. The van der Waals surface area contributed by atoms with Crippen molar-refractivity contribution in [2.24, 2.45) is 0 Å². The predicted octanol–water partition coefficient (Wildman–Crippen LogP) is 1.21. The summed E-state index contributed by atoms with van der Waals surface area (Å²) >= 11 is 0. The van der Waals surface area contributed by atoms with Gasteiger partial charge in [0, 0.05) is 44.4 Å². The molecule has 0 radical (unpaired) electrons. The van der Waals surface area contributed by atoms with Crippen LogP contribution in [0.3, 0.4) is 0 Å². The van der Waals surface area contributed by atoms with Crippen molar-refractivity contribution in [3.05, 3.63) is 27.9 Å². The van der Waals surface area contributed by atoms with Crippen LogP contribution in [0.15, 0.2) is 12.3 Å². The maximum Gasteiger partial charge on any atom is 0.290 e. The number of nitro groups is 1. The van der Waals surface area contributed by atoms with Crippen molar-refractivity contribution in [2.75, 3.05) is 44.3 Å². The Morgan fingerprint density at radius 1 is 1.38 bits per heavy atom. The summed E-state index contributed by atoms with van der Waals surface area (Å²) < 4.78 is 5.44. The maximum absolute atomic E-state index is 10.8. The van der Waals surface area contributed by atoms with Gasteiger partial charge in [0.05, 0.1) is 11.5 Å². The monoisotopic (exact) mass is 292 g/mol. The van der Waals surface area contributed by atoms with E-state index >= 15 is 0 Å². The number of aromatic nitrogens is 1. The van der Waals surface area contributed by atoms with Gasteiger partial charge in [0.2, 0.25) is 0 Å². The minimum atomic E-state index is -0.385. The molecule has 0 aromatic carbocycles. The second-order valence-corrected chi connectivity index (χ2v) is 5.63. The Bertz CT molecular complexity index is 523. The molecular formula is C14H20N4O3. The van der Waals surface area contributed by atoms with Gasteiger partial charge in [-0.15, -0.1) is 0 Å². The Kier molecular flexibility index (Phi) is 4.03. The lowest BCUT2D eigenvalue weighted by atomic mass is 10.2. The van der Waals surface area contributed by atoms with E-state index < -0.39 is 0 Å². The Hall–Kier alpha value is -1.73. The van der Waals surface area contributed by atoms with E-state index in [1.165, 1.54) is 6.20 Å². The van der Waals surface area contributed by atoms with Crippen LogP contribution in [0.1, 0.15) is 12.0 Å². The highest BCUT2D eigenvalue weighted by atomic mass is 16.6. The fraction of sp³-hybridized carbons (Fsp3) is 0.643. The Morgan fingerprint density at radius 2 is 2.14 bits per heavy atom. The molecule has 2 saturated heterocycles. The zero-order valence-electron chi connectivity index (χ0n) is 12.2. The molecule has 1 atom stereocenters. The first-order valence-corrected chi connectivity index (χ1v) is 7.33. The zero-order valence-corrected chi connectivity index (χ0v) is 12.2. The summed E-state index contributed by atoms with van der Waals surface area (Å²) in [6.07, 6.45) is 2.48. The molecule has 21 heavy (non-hydrogen) atoms. The Morgan fingerprint density at radius 3 is 2.71 bits per heavy atom. The average molecular weight is 292 g/mol. The molecule has 0 amide bonds. The molecule has 2 aliphatic rings. The third-order valence-corrected chi connectivity index (χ3v) is 4.33. The number of ether oxygens (including phenoxy) is 1. The van der Waals surface area contributed by atoms with Gasteiger partial charge < -0.3 is 9.64 Å². The van der Waals surface area contributed by atoms with E-state index in [-0.39, 0.29) is 10.6 Å². The largest absolute Gasteiger partial charge is 0.380 e. The van der Waals surface area contributed by atoms with Gasteiger partial charge in [-0.05, 0) is 19.4 Å². The highest BCUT2D eigenvalue weighted by Crippen LogP contribution is 2.23. The number of rotatable bonds is 3.